The minimum atomic E-state index is -0.598. The molecular formula is C12H16BrNO2. The molecule has 0 aromatic heterocycles. The van der Waals surface area contributed by atoms with Crippen molar-refractivity contribution in [2.75, 3.05) is 13.2 Å². The van der Waals surface area contributed by atoms with Crippen LogP contribution in [0, 0.1) is 0 Å². The molecule has 0 heterocycles. The highest BCUT2D eigenvalue weighted by molar-refractivity contribution is 9.10. The number of rotatable bonds is 4. The van der Waals surface area contributed by atoms with E-state index in [1.165, 1.54) is 0 Å². The number of halogens is 1. The van der Waals surface area contributed by atoms with Crippen LogP contribution in [0.25, 0.3) is 0 Å². The highest BCUT2D eigenvalue weighted by atomic mass is 79.9. The zero-order valence-electron chi connectivity index (χ0n) is 9.46. The van der Waals surface area contributed by atoms with Gasteiger partial charge in [-0.15, -0.1) is 0 Å². The van der Waals surface area contributed by atoms with E-state index in [1.54, 1.807) is 0 Å². The zero-order chi connectivity index (χ0) is 12.2. The SMILES string of the molecule is CC(C)(C(=O)NCCO)c1cccc(Br)c1. The van der Waals surface area contributed by atoms with Crippen LogP contribution in [0.2, 0.25) is 0 Å². The number of amides is 1. The first kappa shape index (κ1) is 13.2. The molecule has 88 valence electrons. The standard InChI is InChI=1S/C12H16BrNO2/c1-12(2,11(16)14-6-7-15)9-4-3-5-10(13)8-9/h3-5,8,15H,6-7H2,1-2H3,(H,14,16). The molecule has 1 aromatic carbocycles. The second-order valence-corrected chi connectivity index (χ2v) is 5.03. The van der Waals surface area contributed by atoms with Gasteiger partial charge in [-0.25, -0.2) is 0 Å². The fraction of sp³-hybridized carbons (Fsp3) is 0.417. The van der Waals surface area contributed by atoms with Crippen molar-refractivity contribution in [2.24, 2.45) is 0 Å². The van der Waals surface area contributed by atoms with Gasteiger partial charge >= 0.3 is 0 Å². The van der Waals surface area contributed by atoms with Crippen molar-refractivity contribution in [2.45, 2.75) is 19.3 Å². The molecule has 16 heavy (non-hydrogen) atoms. The summed E-state index contributed by atoms with van der Waals surface area (Å²) in [6, 6.07) is 7.67. The molecule has 1 aromatic rings. The number of aliphatic hydroxyl groups is 1. The normalized spacial score (nSPS) is 11.2. The molecule has 0 aliphatic heterocycles. The molecule has 0 aliphatic carbocycles. The van der Waals surface area contributed by atoms with Gasteiger partial charge in [-0.05, 0) is 31.5 Å². The van der Waals surface area contributed by atoms with Crippen molar-refractivity contribution in [1.29, 1.82) is 0 Å². The maximum Gasteiger partial charge on any atom is 0.230 e. The maximum absolute atomic E-state index is 11.9. The summed E-state index contributed by atoms with van der Waals surface area (Å²) < 4.78 is 0.952. The molecular weight excluding hydrogens is 270 g/mol. The van der Waals surface area contributed by atoms with Crippen LogP contribution in [-0.4, -0.2) is 24.2 Å². The van der Waals surface area contributed by atoms with Crippen molar-refractivity contribution in [1.82, 2.24) is 5.32 Å². The molecule has 1 amide bonds. The Hall–Kier alpha value is -0.870. The van der Waals surface area contributed by atoms with E-state index in [4.69, 9.17) is 5.11 Å². The largest absolute Gasteiger partial charge is 0.395 e. The summed E-state index contributed by atoms with van der Waals surface area (Å²) in [5.74, 6) is -0.0837. The third kappa shape index (κ3) is 3.06. The summed E-state index contributed by atoms with van der Waals surface area (Å²) in [5, 5.41) is 11.4. The third-order valence-corrected chi connectivity index (χ3v) is 3.00. The topological polar surface area (TPSA) is 49.3 Å². The quantitative estimate of drug-likeness (QED) is 0.887. The van der Waals surface area contributed by atoms with Crippen LogP contribution in [0.1, 0.15) is 19.4 Å². The molecule has 0 fully saturated rings. The van der Waals surface area contributed by atoms with Crippen LogP contribution < -0.4 is 5.32 Å². The summed E-state index contributed by atoms with van der Waals surface area (Å²) in [4.78, 5) is 11.9. The summed E-state index contributed by atoms with van der Waals surface area (Å²) in [5.41, 5.74) is 0.344. The summed E-state index contributed by atoms with van der Waals surface area (Å²) in [6.07, 6.45) is 0. The Morgan fingerprint density at radius 2 is 2.19 bits per heavy atom. The first-order valence-corrected chi connectivity index (χ1v) is 5.93. The molecule has 4 heteroatoms. The van der Waals surface area contributed by atoms with Crippen molar-refractivity contribution in [3.63, 3.8) is 0 Å². The van der Waals surface area contributed by atoms with Crippen LogP contribution in [0.15, 0.2) is 28.7 Å². The zero-order valence-corrected chi connectivity index (χ0v) is 11.0. The molecule has 3 nitrogen and oxygen atoms in total. The van der Waals surface area contributed by atoms with E-state index >= 15 is 0 Å². The average Bonchev–Trinajstić information content (AvgIpc) is 2.25. The predicted octanol–water partition coefficient (Wildman–Crippen LogP) is 1.84. The van der Waals surface area contributed by atoms with E-state index in [9.17, 15) is 4.79 Å². The number of hydrogen-bond donors (Lipinski definition) is 2. The average molecular weight is 286 g/mol. The second kappa shape index (κ2) is 5.46. The van der Waals surface area contributed by atoms with E-state index in [-0.39, 0.29) is 19.1 Å². The van der Waals surface area contributed by atoms with Crippen molar-refractivity contribution in [3.05, 3.63) is 34.3 Å². The van der Waals surface area contributed by atoms with E-state index in [2.05, 4.69) is 21.2 Å². The van der Waals surface area contributed by atoms with Gasteiger partial charge in [-0.2, -0.15) is 0 Å². The van der Waals surface area contributed by atoms with E-state index in [0.29, 0.717) is 0 Å². The Balaban J connectivity index is 2.88. The molecule has 2 N–H and O–H groups in total. The summed E-state index contributed by atoms with van der Waals surface area (Å²) in [7, 11) is 0. The molecule has 0 unspecified atom stereocenters. The number of aliphatic hydroxyl groups excluding tert-OH is 1. The minimum absolute atomic E-state index is 0.0414. The van der Waals surface area contributed by atoms with Gasteiger partial charge in [-0.1, -0.05) is 28.1 Å². The summed E-state index contributed by atoms with van der Waals surface area (Å²) in [6.45, 7) is 3.97. The van der Waals surface area contributed by atoms with Crippen molar-refractivity contribution in [3.8, 4) is 0 Å². The summed E-state index contributed by atoms with van der Waals surface area (Å²) >= 11 is 3.38. The van der Waals surface area contributed by atoms with Crippen molar-refractivity contribution < 1.29 is 9.90 Å². The van der Waals surface area contributed by atoms with Gasteiger partial charge in [0.15, 0.2) is 0 Å². The molecule has 0 aliphatic rings. The van der Waals surface area contributed by atoms with E-state index in [0.717, 1.165) is 10.0 Å². The third-order valence-electron chi connectivity index (χ3n) is 2.51. The highest BCUT2D eigenvalue weighted by Gasteiger charge is 2.29. The Kier molecular flexibility index (Phi) is 4.50. The van der Waals surface area contributed by atoms with Gasteiger partial charge in [-0.3, -0.25) is 4.79 Å². The Morgan fingerprint density at radius 1 is 1.50 bits per heavy atom. The van der Waals surface area contributed by atoms with Gasteiger partial charge < -0.3 is 10.4 Å². The van der Waals surface area contributed by atoms with Gasteiger partial charge in [0.1, 0.15) is 0 Å². The lowest BCUT2D eigenvalue weighted by atomic mass is 9.84. The van der Waals surface area contributed by atoms with Gasteiger partial charge in [0.05, 0.1) is 12.0 Å². The van der Waals surface area contributed by atoms with E-state index in [1.807, 2.05) is 38.1 Å². The first-order chi connectivity index (χ1) is 7.48. The molecule has 0 radical (unpaired) electrons. The monoisotopic (exact) mass is 285 g/mol. The lowest BCUT2D eigenvalue weighted by Gasteiger charge is -2.24. The Morgan fingerprint density at radius 3 is 2.75 bits per heavy atom. The lowest BCUT2D eigenvalue weighted by Crippen LogP contribution is -2.41. The van der Waals surface area contributed by atoms with Crippen LogP contribution in [0.4, 0.5) is 0 Å². The molecule has 0 atom stereocenters. The van der Waals surface area contributed by atoms with E-state index < -0.39 is 5.41 Å². The van der Waals surface area contributed by atoms with Gasteiger partial charge in [0.2, 0.25) is 5.91 Å². The number of nitrogens with one attached hydrogen (secondary N) is 1. The van der Waals surface area contributed by atoms with Gasteiger partial charge in [0.25, 0.3) is 0 Å². The number of carbonyl (C=O) groups is 1. The van der Waals surface area contributed by atoms with Crippen LogP contribution in [0.3, 0.4) is 0 Å². The molecule has 0 bridgehead atoms. The minimum Gasteiger partial charge on any atom is -0.395 e. The highest BCUT2D eigenvalue weighted by Crippen LogP contribution is 2.25. The molecule has 0 saturated carbocycles. The molecule has 0 saturated heterocycles. The maximum atomic E-state index is 11.9. The lowest BCUT2D eigenvalue weighted by molar-refractivity contribution is -0.125. The Bertz CT molecular complexity index is 377. The fourth-order valence-electron chi connectivity index (χ4n) is 1.40. The Labute approximate surface area is 104 Å². The van der Waals surface area contributed by atoms with Crippen LogP contribution in [0.5, 0.6) is 0 Å². The number of hydrogen-bond acceptors (Lipinski definition) is 2. The molecule has 0 spiro atoms. The number of benzene rings is 1. The smallest absolute Gasteiger partial charge is 0.230 e. The predicted molar refractivity (Wildman–Crippen MR) is 67.3 cm³/mol. The second-order valence-electron chi connectivity index (χ2n) is 4.11. The molecule has 1 rings (SSSR count). The van der Waals surface area contributed by atoms with Crippen molar-refractivity contribution >= 4 is 21.8 Å². The fourth-order valence-corrected chi connectivity index (χ4v) is 1.80. The van der Waals surface area contributed by atoms with Gasteiger partial charge in [0, 0.05) is 11.0 Å². The van der Waals surface area contributed by atoms with Crippen LogP contribution in [-0.2, 0) is 10.2 Å². The first-order valence-electron chi connectivity index (χ1n) is 5.13. The number of carbonyl (C=O) groups excluding carboxylic acids is 1. The van der Waals surface area contributed by atoms with Crippen LogP contribution >= 0.6 is 15.9 Å².